The van der Waals surface area contributed by atoms with Gasteiger partial charge in [-0.25, -0.2) is 9.59 Å². The number of carbonyl (C=O) groups is 1. The van der Waals surface area contributed by atoms with Gasteiger partial charge in [0.05, 0.1) is 7.11 Å². The molecule has 0 atom stereocenters. The van der Waals surface area contributed by atoms with Crippen LogP contribution in [0.2, 0.25) is 0 Å². The number of methoxy groups -OCH3 is 1. The molecule has 0 saturated heterocycles. The van der Waals surface area contributed by atoms with Gasteiger partial charge < -0.3 is 9.15 Å². The molecule has 1 aromatic carbocycles. The Kier molecular flexibility index (Phi) is 2.71. The Morgan fingerprint density at radius 2 is 2.00 bits per heavy atom. The van der Waals surface area contributed by atoms with E-state index in [4.69, 9.17) is 4.42 Å². The standard InChI is InChI=1S/C15H12O4/c1-18-14(16)12-8-11-10-5-3-2-4-9(10)6-7-13(11)19-15(12)17/h2-5,8H,6-7H2,1H3. The fourth-order valence-electron chi connectivity index (χ4n) is 2.42. The fourth-order valence-corrected chi connectivity index (χ4v) is 2.42. The van der Waals surface area contributed by atoms with Crippen LogP contribution in [0.3, 0.4) is 0 Å². The van der Waals surface area contributed by atoms with Crippen LogP contribution in [0.1, 0.15) is 21.7 Å². The van der Waals surface area contributed by atoms with Crippen molar-refractivity contribution >= 4 is 5.97 Å². The van der Waals surface area contributed by atoms with Gasteiger partial charge >= 0.3 is 11.6 Å². The first-order chi connectivity index (χ1) is 9.20. The van der Waals surface area contributed by atoms with Gasteiger partial charge in [-0.3, -0.25) is 0 Å². The number of ether oxygens (including phenoxy) is 1. The zero-order valence-corrected chi connectivity index (χ0v) is 10.4. The maximum absolute atomic E-state index is 11.7. The molecule has 1 aliphatic rings. The Labute approximate surface area is 109 Å². The first kappa shape index (κ1) is 11.7. The van der Waals surface area contributed by atoms with E-state index < -0.39 is 11.6 Å². The maximum Gasteiger partial charge on any atom is 0.350 e. The quantitative estimate of drug-likeness (QED) is 0.734. The number of hydrogen-bond donors (Lipinski definition) is 0. The lowest BCUT2D eigenvalue weighted by Crippen LogP contribution is -2.18. The van der Waals surface area contributed by atoms with E-state index in [-0.39, 0.29) is 5.56 Å². The normalized spacial score (nSPS) is 12.5. The molecule has 0 aliphatic heterocycles. The molecule has 3 rings (SSSR count). The van der Waals surface area contributed by atoms with Crippen molar-refractivity contribution in [2.75, 3.05) is 7.11 Å². The number of rotatable bonds is 1. The van der Waals surface area contributed by atoms with E-state index >= 15 is 0 Å². The molecule has 1 aromatic heterocycles. The Balaban J connectivity index is 2.24. The maximum atomic E-state index is 11.7. The summed E-state index contributed by atoms with van der Waals surface area (Å²) in [5.41, 5.74) is 2.32. The number of aryl methyl sites for hydroxylation is 2. The summed E-state index contributed by atoms with van der Waals surface area (Å²) in [6, 6.07) is 9.49. The largest absolute Gasteiger partial charge is 0.465 e. The van der Waals surface area contributed by atoms with E-state index in [0.29, 0.717) is 12.2 Å². The molecule has 19 heavy (non-hydrogen) atoms. The molecule has 4 heteroatoms. The topological polar surface area (TPSA) is 56.5 Å². The van der Waals surface area contributed by atoms with Crippen molar-refractivity contribution in [1.82, 2.24) is 0 Å². The predicted octanol–water partition coefficient (Wildman–Crippen LogP) is 2.19. The molecule has 0 fully saturated rings. The van der Waals surface area contributed by atoms with Gasteiger partial charge in [-0.05, 0) is 23.6 Å². The van der Waals surface area contributed by atoms with Crippen molar-refractivity contribution < 1.29 is 13.9 Å². The van der Waals surface area contributed by atoms with E-state index in [2.05, 4.69) is 4.74 Å². The summed E-state index contributed by atoms with van der Waals surface area (Å²) in [6.45, 7) is 0. The van der Waals surface area contributed by atoms with Gasteiger partial charge in [0.1, 0.15) is 11.3 Å². The molecular weight excluding hydrogens is 244 g/mol. The average molecular weight is 256 g/mol. The third-order valence-electron chi connectivity index (χ3n) is 3.36. The molecule has 2 aromatic rings. The lowest BCUT2D eigenvalue weighted by atomic mass is 9.89. The van der Waals surface area contributed by atoms with E-state index in [9.17, 15) is 9.59 Å². The zero-order valence-electron chi connectivity index (χ0n) is 10.4. The monoisotopic (exact) mass is 256 g/mol. The summed E-state index contributed by atoms with van der Waals surface area (Å²) in [6.07, 6.45) is 1.51. The number of hydrogen-bond acceptors (Lipinski definition) is 4. The summed E-state index contributed by atoms with van der Waals surface area (Å²) in [7, 11) is 1.25. The third kappa shape index (κ3) is 1.85. The highest BCUT2D eigenvalue weighted by Crippen LogP contribution is 2.32. The molecule has 96 valence electrons. The second-order valence-corrected chi connectivity index (χ2v) is 4.43. The summed E-state index contributed by atoms with van der Waals surface area (Å²) < 4.78 is 9.85. The van der Waals surface area contributed by atoms with Crippen molar-refractivity contribution in [3.8, 4) is 11.1 Å². The first-order valence-electron chi connectivity index (χ1n) is 6.04. The minimum atomic E-state index is -0.667. The van der Waals surface area contributed by atoms with Crippen LogP contribution in [0.5, 0.6) is 0 Å². The van der Waals surface area contributed by atoms with Gasteiger partial charge in [-0.1, -0.05) is 24.3 Å². The number of carbonyl (C=O) groups excluding carboxylic acids is 1. The number of esters is 1. The Hall–Kier alpha value is -2.36. The highest BCUT2D eigenvalue weighted by atomic mass is 16.5. The van der Waals surface area contributed by atoms with Crippen LogP contribution in [0.15, 0.2) is 39.5 Å². The van der Waals surface area contributed by atoms with Gasteiger partial charge in [0, 0.05) is 12.0 Å². The van der Waals surface area contributed by atoms with Gasteiger partial charge in [0.15, 0.2) is 0 Å². The molecule has 0 N–H and O–H groups in total. The van der Waals surface area contributed by atoms with Crippen LogP contribution in [0.25, 0.3) is 11.1 Å². The van der Waals surface area contributed by atoms with E-state index in [1.54, 1.807) is 6.07 Å². The smallest absolute Gasteiger partial charge is 0.350 e. The first-order valence-corrected chi connectivity index (χ1v) is 6.04. The average Bonchev–Trinajstić information content (AvgIpc) is 2.45. The van der Waals surface area contributed by atoms with Crippen molar-refractivity contribution in [2.24, 2.45) is 0 Å². The van der Waals surface area contributed by atoms with Gasteiger partial charge in [-0.15, -0.1) is 0 Å². The van der Waals surface area contributed by atoms with Crippen molar-refractivity contribution in [3.63, 3.8) is 0 Å². The Bertz CT molecular complexity index is 712. The minimum absolute atomic E-state index is 0.0575. The summed E-state index contributed by atoms with van der Waals surface area (Å²) in [5.74, 6) is -0.0315. The van der Waals surface area contributed by atoms with Crippen LogP contribution < -0.4 is 5.63 Å². The highest BCUT2D eigenvalue weighted by Gasteiger charge is 2.22. The molecule has 0 bridgehead atoms. The van der Waals surface area contributed by atoms with E-state index in [1.807, 2.05) is 24.3 Å². The summed E-state index contributed by atoms with van der Waals surface area (Å²) >= 11 is 0. The third-order valence-corrected chi connectivity index (χ3v) is 3.36. The van der Waals surface area contributed by atoms with Gasteiger partial charge in [0.25, 0.3) is 0 Å². The Morgan fingerprint density at radius 1 is 1.21 bits per heavy atom. The number of benzene rings is 1. The molecule has 1 heterocycles. The molecule has 0 amide bonds. The van der Waals surface area contributed by atoms with Crippen LogP contribution >= 0.6 is 0 Å². The molecule has 1 aliphatic carbocycles. The second-order valence-electron chi connectivity index (χ2n) is 4.43. The summed E-state index contributed by atoms with van der Waals surface area (Å²) in [4.78, 5) is 23.3. The second kappa shape index (κ2) is 4.39. The molecule has 0 radical (unpaired) electrons. The summed E-state index contributed by atoms with van der Waals surface area (Å²) in [5, 5.41) is 0. The molecule has 0 saturated carbocycles. The van der Waals surface area contributed by atoms with Gasteiger partial charge in [-0.2, -0.15) is 0 Å². The van der Waals surface area contributed by atoms with Crippen LogP contribution in [-0.2, 0) is 17.6 Å². The van der Waals surface area contributed by atoms with Crippen molar-refractivity contribution in [1.29, 1.82) is 0 Å². The highest BCUT2D eigenvalue weighted by molar-refractivity contribution is 5.90. The van der Waals surface area contributed by atoms with Crippen LogP contribution in [0, 0.1) is 0 Å². The lowest BCUT2D eigenvalue weighted by molar-refractivity contribution is 0.0595. The molecule has 4 nitrogen and oxygen atoms in total. The van der Waals surface area contributed by atoms with Crippen LogP contribution in [0.4, 0.5) is 0 Å². The minimum Gasteiger partial charge on any atom is -0.465 e. The fraction of sp³-hybridized carbons (Fsp3) is 0.200. The van der Waals surface area contributed by atoms with Gasteiger partial charge in [0.2, 0.25) is 0 Å². The Morgan fingerprint density at radius 3 is 2.79 bits per heavy atom. The van der Waals surface area contributed by atoms with Crippen LogP contribution in [-0.4, -0.2) is 13.1 Å². The van der Waals surface area contributed by atoms with Crippen molar-refractivity contribution in [3.05, 3.63) is 57.6 Å². The molecular formula is C15H12O4. The lowest BCUT2D eigenvalue weighted by Gasteiger charge is -2.18. The van der Waals surface area contributed by atoms with E-state index in [0.717, 1.165) is 17.5 Å². The SMILES string of the molecule is COC(=O)c1cc2c(oc1=O)CCc1ccccc1-2. The number of fused-ring (bicyclic) bond motifs is 3. The van der Waals surface area contributed by atoms with E-state index in [1.165, 1.54) is 12.7 Å². The molecule has 0 unspecified atom stereocenters. The van der Waals surface area contributed by atoms with Crippen molar-refractivity contribution in [2.45, 2.75) is 12.8 Å². The predicted molar refractivity (Wildman–Crippen MR) is 69.2 cm³/mol. The zero-order chi connectivity index (χ0) is 13.4. The molecule has 0 spiro atoms.